The van der Waals surface area contributed by atoms with Gasteiger partial charge in [0.15, 0.2) is 5.82 Å². The van der Waals surface area contributed by atoms with Gasteiger partial charge in [0.25, 0.3) is 0 Å². The quantitative estimate of drug-likeness (QED) is 0.696. The molecule has 1 aromatic carbocycles. The van der Waals surface area contributed by atoms with Crippen molar-refractivity contribution < 1.29 is 27.5 Å². The van der Waals surface area contributed by atoms with Gasteiger partial charge in [-0.25, -0.2) is 0 Å². The van der Waals surface area contributed by atoms with E-state index in [0.29, 0.717) is 44.7 Å². The number of methoxy groups -OCH3 is 1. The molecule has 2 aromatic rings. The average Bonchev–Trinajstić information content (AvgIpc) is 3.32. The van der Waals surface area contributed by atoms with Crippen molar-refractivity contribution in [1.82, 2.24) is 9.78 Å². The number of ether oxygens (including phenoxy) is 1. The number of benzene rings is 1. The molecule has 1 fully saturated rings. The zero-order valence-corrected chi connectivity index (χ0v) is 16.6. The van der Waals surface area contributed by atoms with Crippen LogP contribution in [0.25, 0.3) is 0 Å². The largest absolute Gasteiger partial charge is 0.416 e. The monoisotopic (exact) mass is 423 g/mol. The number of hydrogen-bond donors (Lipinski definition) is 1. The molecule has 1 heterocycles. The Hall–Kier alpha value is -2.68. The lowest BCUT2D eigenvalue weighted by molar-refractivity contribution is -0.137. The second-order valence-corrected chi connectivity index (χ2v) is 7.51. The van der Waals surface area contributed by atoms with E-state index in [4.69, 9.17) is 4.74 Å². The van der Waals surface area contributed by atoms with Crippen molar-refractivity contribution in [3.63, 3.8) is 0 Å². The Kier molecular flexibility index (Phi) is 6.91. The van der Waals surface area contributed by atoms with Crippen LogP contribution in [0.1, 0.15) is 42.7 Å². The number of ketones is 1. The average molecular weight is 423 g/mol. The third-order valence-corrected chi connectivity index (χ3v) is 5.27. The molecule has 1 amide bonds. The molecule has 0 bridgehead atoms. The molecule has 0 spiro atoms. The maximum absolute atomic E-state index is 13.2. The highest BCUT2D eigenvalue weighted by atomic mass is 19.4. The lowest BCUT2D eigenvalue weighted by Crippen LogP contribution is -2.24. The van der Waals surface area contributed by atoms with Gasteiger partial charge in [-0.05, 0) is 30.4 Å². The minimum atomic E-state index is -4.50. The van der Waals surface area contributed by atoms with E-state index in [9.17, 15) is 22.8 Å². The van der Waals surface area contributed by atoms with E-state index in [-0.39, 0.29) is 17.3 Å². The molecule has 3 rings (SSSR count). The van der Waals surface area contributed by atoms with E-state index >= 15 is 0 Å². The molecule has 2 unspecified atom stereocenters. The number of anilines is 1. The number of carbonyl (C=O) groups is 2. The molecule has 0 radical (unpaired) electrons. The molecule has 1 aromatic heterocycles. The first kappa shape index (κ1) is 22.0. The first-order chi connectivity index (χ1) is 14.3. The van der Waals surface area contributed by atoms with Crippen LogP contribution >= 0.6 is 0 Å². The number of nitrogens with one attached hydrogen (secondary N) is 1. The van der Waals surface area contributed by atoms with Crippen molar-refractivity contribution in [1.29, 1.82) is 0 Å². The molecular formula is C21H24F3N3O3. The van der Waals surface area contributed by atoms with Crippen molar-refractivity contribution in [3.05, 3.63) is 47.7 Å². The van der Waals surface area contributed by atoms with Crippen LogP contribution in [0.2, 0.25) is 0 Å². The van der Waals surface area contributed by atoms with Gasteiger partial charge < -0.3 is 10.1 Å². The summed E-state index contributed by atoms with van der Waals surface area (Å²) in [4.78, 5) is 24.7. The normalized spacial score (nSPS) is 17.9. The predicted molar refractivity (Wildman–Crippen MR) is 104 cm³/mol. The number of Topliss-reactive ketones (excluding diaryl/α,β-unsaturated/α-hetero) is 1. The fraction of sp³-hybridized carbons (Fsp3) is 0.476. The number of hydrogen-bond acceptors (Lipinski definition) is 4. The van der Waals surface area contributed by atoms with Crippen LogP contribution in [-0.4, -0.2) is 35.2 Å². The molecule has 2 atom stereocenters. The van der Waals surface area contributed by atoms with E-state index in [0.717, 1.165) is 12.1 Å². The highest BCUT2D eigenvalue weighted by molar-refractivity contribution is 5.95. The van der Waals surface area contributed by atoms with Gasteiger partial charge in [0.1, 0.15) is 5.78 Å². The Morgan fingerprint density at radius 3 is 2.83 bits per heavy atom. The summed E-state index contributed by atoms with van der Waals surface area (Å²) >= 11 is 0. The Morgan fingerprint density at radius 2 is 2.17 bits per heavy atom. The SMILES string of the molecule is COCCn1ccc(NC(=O)C(CC2CCC(=O)C2)c2cccc(C(F)(F)F)c2)n1. The summed E-state index contributed by atoms with van der Waals surface area (Å²) in [5.74, 6) is -0.837. The summed E-state index contributed by atoms with van der Waals surface area (Å²) in [7, 11) is 1.57. The Balaban J connectivity index is 1.81. The first-order valence-electron chi connectivity index (χ1n) is 9.78. The van der Waals surface area contributed by atoms with Gasteiger partial charge in [-0.1, -0.05) is 18.2 Å². The van der Waals surface area contributed by atoms with Gasteiger partial charge in [0.05, 0.1) is 24.6 Å². The van der Waals surface area contributed by atoms with E-state index in [1.165, 1.54) is 12.1 Å². The molecule has 0 aliphatic heterocycles. The molecule has 30 heavy (non-hydrogen) atoms. The molecule has 1 aliphatic carbocycles. The first-order valence-corrected chi connectivity index (χ1v) is 9.78. The number of halogens is 3. The summed E-state index contributed by atoms with van der Waals surface area (Å²) < 4.78 is 46.1. The van der Waals surface area contributed by atoms with Crippen LogP contribution < -0.4 is 5.32 Å². The van der Waals surface area contributed by atoms with Crippen molar-refractivity contribution in [2.75, 3.05) is 19.0 Å². The van der Waals surface area contributed by atoms with Gasteiger partial charge in [-0.2, -0.15) is 18.3 Å². The smallest absolute Gasteiger partial charge is 0.383 e. The highest BCUT2D eigenvalue weighted by Gasteiger charge is 2.34. The minimum Gasteiger partial charge on any atom is -0.383 e. The van der Waals surface area contributed by atoms with Gasteiger partial charge >= 0.3 is 6.18 Å². The van der Waals surface area contributed by atoms with Crippen LogP contribution in [0.5, 0.6) is 0 Å². The number of nitrogens with zero attached hydrogens (tertiary/aromatic N) is 2. The van der Waals surface area contributed by atoms with E-state index < -0.39 is 23.6 Å². The summed E-state index contributed by atoms with van der Waals surface area (Å²) in [5.41, 5.74) is -0.523. The molecule has 1 saturated carbocycles. The highest BCUT2D eigenvalue weighted by Crippen LogP contribution is 2.36. The Labute approximate surface area is 172 Å². The standard InChI is InChI=1S/C21H24F3N3O3/c1-30-10-9-27-8-7-19(26-27)25-20(29)18(12-14-5-6-17(28)11-14)15-3-2-4-16(13-15)21(22,23)24/h2-4,7-8,13-14,18H,5-6,9-12H2,1H3,(H,25,26,29). The minimum absolute atomic E-state index is 0.0259. The van der Waals surface area contributed by atoms with Crippen molar-refractivity contribution in [2.45, 2.75) is 44.3 Å². The van der Waals surface area contributed by atoms with Gasteiger partial charge in [0.2, 0.25) is 5.91 Å². The lowest BCUT2D eigenvalue weighted by atomic mass is 9.86. The van der Waals surface area contributed by atoms with Crippen LogP contribution in [-0.2, 0) is 27.0 Å². The molecular weight excluding hydrogens is 399 g/mol. The molecule has 0 saturated heterocycles. The number of alkyl halides is 3. The molecule has 1 aliphatic rings. The summed E-state index contributed by atoms with van der Waals surface area (Å²) in [6.45, 7) is 0.964. The topological polar surface area (TPSA) is 73.2 Å². The molecule has 6 nitrogen and oxygen atoms in total. The molecule has 162 valence electrons. The van der Waals surface area contributed by atoms with Crippen molar-refractivity contribution in [3.8, 4) is 0 Å². The van der Waals surface area contributed by atoms with Crippen LogP contribution in [0.4, 0.5) is 19.0 Å². The maximum atomic E-state index is 13.2. The summed E-state index contributed by atoms with van der Waals surface area (Å²) in [5, 5.41) is 6.94. The van der Waals surface area contributed by atoms with E-state index in [1.54, 1.807) is 24.1 Å². The fourth-order valence-corrected chi connectivity index (χ4v) is 3.70. The third kappa shape index (κ3) is 5.69. The van der Waals surface area contributed by atoms with Gasteiger partial charge in [0, 0.05) is 32.2 Å². The van der Waals surface area contributed by atoms with Gasteiger partial charge in [-0.3, -0.25) is 14.3 Å². The molecule has 1 N–H and O–H groups in total. The van der Waals surface area contributed by atoms with Crippen LogP contribution in [0.3, 0.4) is 0 Å². The zero-order valence-electron chi connectivity index (χ0n) is 16.6. The third-order valence-electron chi connectivity index (χ3n) is 5.27. The fourth-order valence-electron chi connectivity index (χ4n) is 3.70. The second-order valence-electron chi connectivity index (χ2n) is 7.51. The van der Waals surface area contributed by atoms with Crippen molar-refractivity contribution in [2.24, 2.45) is 5.92 Å². The lowest BCUT2D eigenvalue weighted by Gasteiger charge is -2.21. The number of rotatable bonds is 8. The van der Waals surface area contributed by atoms with Crippen LogP contribution in [0.15, 0.2) is 36.5 Å². The summed E-state index contributed by atoms with van der Waals surface area (Å²) in [6.07, 6.45) is -1.06. The number of aromatic nitrogens is 2. The zero-order chi connectivity index (χ0) is 21.7. The Bertz CT molecular complexity index is 895. The second kappa shape index (κ2) is 9.42. The number of amides is 1. The van der Waals surface area contributed by atoms with Crippen LogP contribution in [0, 0.1) is 5.92 Å². The van der Waals surface area contributed by atoms with E-state index in [2.05, 4.69) is 10.4 Å². The Morgan fingerprint density at radius 1 is 1.37 bits per heavy atom. The van der Waals surface area contributed by atoms with Crippen molar-refractivity contribution >= 4 is 17.5 Å². The predicted octanol–water partition coefficient (Wildman–Crippen LogP) is 4.03. The summed E-state index contributed by atoms with van der Waals surface area (Å²) in [6, 6.07) is 6.44. The molecule has 9 heteroatoms. The van der Waals surface area contributed by atoms with Gasteiger partial charge in [-0.15, -0.1) is 0 Å². The maximum Gasteiger partial charge on any atom is 0.416 e. The van der Waals surface area contributed by atoms with E-state index in [1.807, 2.05) is 0 Å². The number of carbonyl (C=O) groups excluding carboxylic acids is 2.